The quantitative estimate of drug-likeness (QED) is 0.0255. The Bertz CT molecular complexity index is 3920. The van der Waals surface area contributed by atoms with Crippen LogP contribution in [0, 0.1) is 0 Å². The van der Waals surface area contributed by atoms with E-state index >= 15 is 0 Å². The second-order valence-electron chi connectivity index (χ2n) is 31.4. The number of aliphatic hydroxyl groups is 24. The van der Waals surface area contributed by atoms with Gasteiger partial charge in [-0.25, -0.2) is 13.2 Å². The van der Waals surface area contributed by atoms with E-state index in [2.05, 4.69) is 29.6 Å². The number of aliphatic hydroxyl groups excluding tert-OH is 24. The molecule has 0 saturated carbocycles. The Morgan fingerprint density at radius 3 is 0.977 bits per heavy atom. The molecule has 9 saturated heterocycles. The molecule has 9 aliphatic rings. The molecule has 9 aliphatic heterocycles. The summed E-state index contributed by atoms with van der Waals surface area (Å²) in [6, 6.07) is -10.1. The minimum absolute atomic E-state index is 0.783. The summed E-state index contributed by atoms with van der Waals surface area (Å²) in [5.74, 6) is -11.1. The molecule has 9 rings (SSSR count). The number of carboxylic acid groups (broad SMARTS) is 1. The van der Waals surface area contributed by atoms with Gasteiger partial charge in [0.05, 0.1) is 71.6 Å². The number of amides is 5. The topological polar surface area (TPSA) is 952 Å². The van der Waals surface area contributed by atoms with Crippen LogP contribution in [0.2, 0.25) is 0 Å². The maximum Gasteiger partial charge on any atom is 0.397 e. The Hall–Kier alpha value is -5.08. The largest absolute Gasteiger partial charge is 0.477 e. The van der Waals surface area contributed by atoms with Crippen LogP contribution in [0.1, 0.15) is 34.1 Å². The highest BCUT2D eigenvalue weighted by molar-refractivity contribution is 7.81. The van der Waals surface area contributed by atoms with Gasteiger partial charge in [-0.3, -0.25) is 33.1 Å². The number of nitrogens with one attached hydrogen (secondary N) is 5. The monoisotopic (exact) mass is 1950 g/mol. The molecular formula is C67H111N5O56S2. The fourth-order valence-corrected chi connectivity index (χ4v) is 16.6. The molecular weight excluding hydrogens is 1830 g/mol. The van der Waals surface area contributed by atoms with Gasteiger partial charge in [0.2, 0.25) is 29.5 Å². The van der Waals surface area contributed by atoms with Gasteiger partial charge in [-0.15, -0.1) is 0 Å². The lowest BCUT2D eigenvalue weighted by molar-refractivity contribution is -0.392. The molecule has 0 aliphatic carbocycles. The number of hydrogen-bond donors (Lipinski definition) is 32. The fourth-order valence-electron chi connectivity index (χ4n) is 16.0. The van der Waals surface area contributed by atoms with Gasteiger partial charge in [0.1, 0.15) is 220 Å². The molecule has 61 nitrogen and oxygen atoms in total. The summed E-state index contributed by atoms with van der Waals surface area (Å²) in [6.45, 7) is -9.43. The lowest BCUT2D eigenvalue weighted by Gasteiger charge is -2.51. The number of ether oxygens (including phenoxy) is 17. The van der Waals surface area contributed by atoms with Crippen LogP contribution in [-0.2, 0) is 138 Å². The zero-order chi connectivity index (χ0) is 96.7. The number of rotatable bonds is 38. The standard InChI is InChI=1S/C67H111N5O56S2/c1-16(81)68-32-42(94)49(27(12-79)117-59(32)124-56-40(92)25(10-77)115-64(47(56)99)123-52-35(71-19(4)84)58(101)112-22(7-74)37(52)89)120-62-45(97)54(38(90)23(8-75)113-62)125-60-33(69-17(2)82)43(95)50(28(118-60)14-110-129(104,105)106)121-63-46(98)55(39(91)24(9-76)114-63)126-61-34(70-18(3)83)44(96)51(29(119-61)15-111-130(107,108)109)122-65-48(100)57(41(93)26(11-78)116-65)128-67(66(102)103)5-20(85)31(72-30(87)13-80)53(127-67)36(88)21(86)6-73/h20-29,31-65,73-80,85-86,88-101H,5-15H2,1-4H3,(H,68,81)(H,69,82)(H,70,83)(H,71,84)(H,72,87)(H,102,103)(H,104,105,106)(H,107,108,109)/t20-,21+,22+,23+,24+,25+,26+,27+,28+,29+,31+,32+,33+,34+,35+,36+,37-,38-,39-,40-,41-,42+,43+,44+,45+,46+,47+,48+,49+,50+,51+,52+,53+,54-,55-,56-,57-,58?,59-,60-,61-,62-,63-,64-,65-,67-/m0/s1. The van der Waals surface area contributed by atoms with Crippen molar-refractivity contribution in [2.75, 3.05) is 66.1 Å². The Morgan fingerprint density at radius 2 is 0.654 bits per heavy atom. The Labute approximate surface area is 733 Å². The first kappa shape index (κ1) is 109. The van der Waals surface area contributed by atoms with Crippen molar-refractivity contribution in [3.8, 4) is 0 Å². The Balaban J connectivity index is 0.959. The average molecular weight is 1950 g/mol. The second kappa shape index (κ2) is 46.4. The van der Waals surface area contributed by atoms with E-state index in [0.717, 1.165) is 27.7 Å². The predicted octanol–water partition coefficient (Wildman–Crippen LogP) is -22.1. The van der Waals surface area contributed by atoms with Crippen LogP contribution >= 0.6 is 0 Å². The molecule has 0 aromatic carbocycles. The van der Waals surface area contributed by atoms with Crippen LogP contribution in [0.5, 0.6) is 0 Å². The normalized spacial score (nSPS) is 44.5. The van der Waals surface area contributed by atoms with Crippen LogP contribution in [0.3, 0.4) is 0 Å². The van der Waals surface area contributed by atoms with E-state index in [-0.39, 0.29) is 0 Å². The van der Waals surface area contributed by atoms with Gasteiger partial charge in [0.15, 0.2) is 50.3 Å². The number of carbonyl (C=O) groups excluding carboxylic acids is 5. The molecule has 752 valence electrons. The molecule has 0 spiro atoms. The van der Waals surface area contributed by atoms with E-state index < -0.39 is 410 Å². The van der Waals surface area contributed by atoms with Crippen molar-refractivity contribution in [1.29, 1.82) is 0 Å². The molecule has 1 unspecified atom stereocenters. The number of carboxylic acids is 1. The summed E-state index contributed by atoms with van der Waals surface area (Å²) < 4.78 is 177. The molecule has 46 atom stereocenters. The van der Waals surface area contributed by atoms with Crippen molar-refractivity contribution in [3.63, 3.8) is 0 Å². The fraction of sp³-hybridized carbons (Fsp3) is 0.910. The van der Waals surface area contributed by atoms with Gasteiger partial charge in [-0.2, -0.15) is 16.8 Å². The van der Waals surface area contributed by atoms with Gasteiger partial charge in [-0.05, 0) is 0 Å². The molecule has 32 N–H and O–H groups in total. The van der Waals surface area contributed by atoms with E-state index in [0.29, 0.717) is 0 Å². The first-order valence-corrected chi connectivity index (χ1v) is 42.5. The van der Waals surface area contributed by atoms with E-state index in [1.54, 1.807) is 0 Å². The van der Waals surface area contributed by atoms with Crippen molar-refractivity contribution in [2.45, 2.75) is 316 Å². The molecule has 0 radical (unpaired) electrons. The van der Waals surface area contributed by atoms with Crippen molar-refractivity contribution < 1.29 is 271 Å². The summed E-state index contributed by atoms with van der Waals surface area (Å²) in [4.78, 5) is 77.0. The molecule has 0 bridgehead atoms. The maximum atomic E-state index is 13.3. The Morgan fingerprint density at radius 1 is 0.362 bits per heavy atom. The van der Waals surface area contributed by atoms with Crippen molar-refractivity contribution >= 4 is 56.3 Å². The summed E-state index contributed by atoms with van der Waals surface area (Å²) >= 11 is 0. The highest BCUT2D eigenvalue weighted by Gasteiger charge is 2.64. The van der Waals surface area contributed by atoms with E-state index in [1.807, 2.05) is 5.32 Å². The lowest BCUT2D eigenvalue weighted by atomic mass is 9.88. The van der Waals surface area contributed by atoms with E-state index in [9.17, 15) is 182 Å². The smallest absolute Gasteiger partial charge is 0.397 e. The first-order chi connectivity index (χ1) is 60.9. The zero-order valence-corrected chi connectivity index (χ0v) is 70.1. The maximum absolute atomic E-state index is 13.3. The van der Waals surface area contributed by atoms with E-state index in [1.165, 1.54) is 0 Å². The predicted molar refractivity (Wildman–Crippen MR) is 394 cm³/mol. The second-order valence-corrected chi connectivity index (χ2v) is 33.6. The minimum atomic E-state index is -5.66. The van der Waals surface area contributed by atoms with Gasteiger partial charge in [0.25, 0.3) is 5.79 Å². The van der Waals surface area contributed by atoms with Crippen LogP contribution in [0.25, 0.3) is 0 Å². The number of aliphatic carboxylic acids is 1. The molecule has 63 heteroatoms. The summed E-state index contributed by atoms with van der Waals surface area (Å²) in [5, 5.41) is 290. The molecule has 5 amide bonds. The summed E-state index contributed by atoms with van der Waals surface area (Å²) in [7, 11) is -11.3. The van der Waals surface area contributed by atoms with Crippen molar-refractivity contribution in [1.82, 2.24) is 26.6 Å². The van der Waals surface area contributed by atoms with Gasteiger partial charge in [0, 0.05) is 34.1 Å². The third-order valence-electron chi connectivity index (χ3n) is 22.3. The highest BCUT2D eigenvalue weighted by atomic mass is 32.3. The number of hydrogen-bond acceptors (Lipinski definition) is 53. The molecule has 0 aromatic heterocycles. The average Bonchev–Trinajstić information content (AvgIpc) is 0.756. The molecule has 130 heavy (non-hydrogen) atoms. The SMILES string of the molecule is CC(=O)N[C@H]1[C@H](O[C@H]2[C@@H](O)[C@@H](CO)O[C@@H](O[C@H]3[C@H](O)[C@@H](NC(C)=O)[C@H](O[C@H]4[C@@H](O)[C@@H](CO)O[C@@H](O[C@H]5[C@@H](O)[C@@H](CO)OC(O)[C@@H]5NC(C)=O)[C@@H]4O)O[C@@H]3CO)[C@@H]2O)O[C@H](COS(=O)(=O)O)[C@@H](O[C@@H]2O[C@H](CO)[C@H](O)[C@H](O[C@@H]3O[C@H](COS(=O)(=O)O)[C@@H](O[C@@H]4O[C@H](CO)[C@H](O)[C@H](O[C@]5(C(=O)O)C[C@H](O)[C@@H](NC(=O)CO)[C@H]([C@H](O)[C@H](O)CO)O5)[C@H]4O)[C@H](O)[C@H]3NC(C)=O)[C@H]2O)[C@@H]1O. The third-order valence-corrected chi connectivity index (χ3v) is 23.1. The minimum Gasteiger partial charge on any atom is -0.477 e. The molecule has 9 fully saturated rings. The Kier molecular flexibility index (Phi) is 38.7. The summed E-state index contributed by atoms with van der Waals surface area (Å²) in [6.07, 6.45) is -93.1. The van der Waals surface area contributed by atoms with Crippen LogP contribution in [-0.4, -0.2) is 537 Å². The van der Waals surface area contributed by atoms with Gasteiger partial charge < -0.3 is 235 Å². The van der Waals surface area contributed by atoms with Crippen LogP contribution in [0.4, 0.5) is 0 Å². The van der Waals surface area contributed by atoms with Gasteiger partial charge >= 0.3 is 26.8 Å². The zero-order valence-electron chi connectivity index (χ0n) is 68.5. The van der Waals surface area contributed by atoms with Crippen molar-refractivity contribution in [2.24, 2.45) is 0 Å². The molecule has 9 heterocycles. The van der Waals surface area contributed by atoms with E-state index in [4.69, 9.17) is 80.5 Å². The lowest BCUT2D eigenvalue weighted by Crippen LogP contribution is -2.71. The van der Waals surface area contributed by atoms with Crippen molar-refractivity contribution in [3.05, 3.63) is 0 Å². The number of carbonyl (C=O) groups is 6. The molecule has 0 aromatic rings. The first-order valence-electron chi connectivity index (χ1n) is 39.7. The van der Waals surface area contributed by atoms with Crippen LogP contribution < -0.4 is 26.6 Å². The summed E-state index contributed by atoms with van der Waals surface area (Å²) in [5.41, 5.74) is 0. The van der Waals surface area contributed by atoms with Gasteiger partial charge in [-0.1, -0.05) is 0 Å². The highest BCUT2D eigenvalue weighted by Crippen LogP contribution is 2.43. The third kappa shape index (κ3) is 25.5. The van der Waals surface area contributed by atoms with Crippen LogP contribution in [0.15, 0.2) is 0 Å².